The molecule has 2 heterocycles. The molecule has 0 fully saturated rings. The Balaban J connectivity index is 2.12. The van der Waals surface area contributed by atoms with Crippen molar-refractivity contribution in [3.8, 4) is 0 Å². The van der Waals surface area contributed by atoms with Crippen molar-refractivity contribution < 1.29 is 0 Å². The Kier molecular flexibility index (Phi) is 4.93. The predicted molar refractivity (Wildman–Crippen MR) is 78.0 cm³/mol. The van der Waals surface area contributed by atoms with E-state index >= 15 is 0 Å². The summed E-state index contributed by atoms with van der Waals surface area (Å²) < 4.78 is 2.70. The van der Waals surface area contributed by atoms with Crippen LogP contribution >= 0.6 is 22.9 Å². The van der Waals surface area contributed by atoms with E-state index < -0.39 is 0 Å². The highest BCUT2D eigenvalue weighted by Gasteiger charge is 2.16. The Labute approximate surface area is 121 Å². The summed E-state index contributed by atoms with van der Waals surface area (Å²) in [5.41, 5.74) is 2.82. The van der Waals surface area contributed by atoms with E-state index in [-0.39, 0.29) is 6.04 Å². The Morgan fingerprint density at radius 3 is 2.84 bits per heavy atom. The van der Waals surface area contributed by atoms with E-state index in [9.17, 15) is 0 Å². The first-order valence-electron chi connectivity index (χ1n) is 6.18. The van der Waals surface area contributed by atoms with Gasteiger partial charge in [-0.25, -0.2) is 9.67 Å². The summed E-state index contributed by atoms with van der Waals surface area (Å²) in [6, 6.07) is 3.87. The minimum atomic E-state index is 0.00705. The molecule has 2 aromatic heterocycles. The van der Waals surface area contributed by atoms with Crippen molar-refractivity contribution in [2.75, 3.05) is 0 Å². The number of nitrogens with one attached hydrogen (secondary N) is 1. The number of rotatable bonds is 6. The number of nitrogens with two attached hydrogens (primary N) is 1. The normalized spacial score (nSPS) is 13.1. The van der Waals surface area contributed by atoms with Crippen LogP contribution in [0.1, 0.15) is 30.6 Å². The average molecular weight is 300 g/mol. The molecule has 0 aliphatic heterocycles. The van der Waals surface area contributed by atoms with E-state index in [1.54, 1.807) is 6.33 Å². The maximum atomic E-state index is 5.96. The molecule has 0 aliphatic rings. The lowest BCUT2D eigenvalue weighted by atomic mass is 10.1. The third-order valence-corrected chi connectivity index (χ3v) is 4.10. The van der Waals surface area contributed by atoms with Crippen LogP contribution in [-0.4, -0.2) is 14.8 Å². The second kappa shape index (κ2) is 6.47. The maximum Gasteiger partial charge on any atom is 0.138 e. The first-order chi connectivity index (χ1) is 9.10. The molecule has 2 aromatic rings. The molecule has 3 N–H and O–H groups in total. The van der Waals surface area contributed by atoms with Crippen molar-refractivity contribution in [2.24, 2.45) is 11.8 Å². The smallest absolute Gasteiger partial charge is 0.138 e. The summed E-state index contributed by atoms with van der Waals surface area (Å²) in [6.07, 6.45) is 2.28. The highest BCUT2D eigenvalue weighted by molar-refractivity contribution is 7.16. The molecule has 7 heteroatoms. The molecule has 0 amide bonds. The van der Waals surface area contributed by atoms with Gasteiger partial charge in [0, 0.05) is 17.8 Å². The number of halogens is 1. The van der Waals surface area contributed by atoms with Crippen LogP contribution in [0.25, 0.3) is 0 Å². The van der Waals surface area contributed by atoms with Gasteiger partial charge in [-0.15, -0.1) is 11.3 Å². The number of hydrogen-bond acceptors (Lipinski definition) is 5. The number of hydrazine groups is 1. The lowest BCUT2D eigenvalue weighted by Gasteiger charge is -2.15. The van der Waals surface area contributed by atoms with Gasteiger partial charge in [-0.1, -0.05) is 25.4 Å². The summed E-state index contributed by atoms with van der Waals surface area (Å²) in [6.45, 7) is 5.17. The van der Waals surface area contributed by atoms with Crippen molar-refractivity contribution in [3.63, 3.8) is 0 Å². The van der Waals surface area contributed by atoms with Gasteiger partial charge in [0.25, 0.3) is 0 Å². The molecule has 0 radical (unpaired) electrons. The summed E-state index contributed by atoms with van der Waals surface area (Å²) in [5, 5.41) is 4.26. The van der Waals surface area contributed by atoms with Crippen LogP contribution in [0.2, 0.25) is 4.34 Å². The van der Waals surface area contributed by atoms with Crippen molar-refractivity contribution in [3.05, 3.63) is 33.5 Å². The molecule has 104 valence electrons. The zero-order chi connectivity index (χ0) is 13.8. The third kappa shape index (κ3) is 3.76. The fourth-order valence-electron chi connectivity index (χ4n) is 1.88. The van der Waals surface area contributed by atoms with Gasteiger partial charge in [0.05, 0.1) is 10.4 Å². The van der Waals surface area contributed by atoms with Gasteiger partial charge in [-0.2, -0.15) is 5.10 Å². The minimum absolute atomic E-state index is 0.00705. The van der Waals surface area contributed by atoms with Gasteiger partial charge in [0.2, 0.25) is 0 Å². The van der Waals surface area contributed by atoms with E-state index in [4.69, 9.17) is 17.4 Å². The van der Waals surface area contributed by atoms with Crippen molar-refractivity contribution >= 4 is 22.9 Å². The quantitative estimate of drug-likeness (QED) is 0.635. The van der Waals surface area contributed by atoms with Crippen LogP contribution in [0.15, 0.2) is 18.5 Å². The van der Waals surface area contributed by atoms with Crippen molar-refractivity contribution in [1.29, 1.82) is 0 Å². The molecule has 19 heavy (non-hydrogen) atoms. The molecule has 2 rings (SSSR count). The largest absolute Gasteiger partial charge is 0.271 e. The lowest BCUT2D eigenvalue weighted by molar-refractivity contribution is 0.448. The van der Waals surface area contributed by atoms with E-state index in [1.807, 2.05) is 16.8 Å². The Bertz CT molecular complexity index is 522. The highest BCUT2D eigenvalue weighted by atomic mass is 35.5. The van der Waals surface area contributed by atoms with Gasteiger partial charge in [0.1, 0.15) is 12.2 Å². The van der Waals surface area contributed by atoms with E-state index in [0.717, 1.165) is 21.6 Å². The maximum absolute atomic E-state index is 5.96. The first kappa shape index (κ1) is 14.5. The molecular formula is C12H18ClN5S. The number of thiophene rings is 1. The summed E-state index contributed by atoms with van der Waals surface area (Å²) in [7, 11) is 0. The van der Waals surface area contributed by atoms with Gasteiger partial charge in [0.15, 0.2) is 0 Å². The fraction of sp³-hybridized carbons (Fsp3) is 0.500. The third-order valence-electron chi connectivity index (χ3n) is 2.76. The molecule has 1 unspecified atom stereocenters. The summed E-state index contributed by atoms with van der Waals surface area (Å²) in [4.78, 5) is 5.42. The van der Waals surface area contributed by atoms with Crippen LogP contribution in [-0.2, 0) is 13.0 Å². The van der Waals surface area contributed by atoms with Gasteiger partial charge < -0.3 is 0 Å². The SMILES string of the molecule is CC(C)Cn1ncnc1CC(NN)c1ccc(Cl)s1. The van der Waals surface area contributed by atoms with Gasteiger partial charge >= 0.3 is 0 Å². The number of nitrogens with zero attached hydrogens (tertiary/aromatic N) is 3. The van der Waals surface area contributed by atoms with E-state index in [1.165, 1.54) is 11.3 Å². The minimum Gasteiger partial charge on any atom is -0.271 e. The van der Waals surface area contributed by atoms with E-state index in [2.05, 4.69) is 29.4 Å². The molecular weight excluding hydrogens is 282 g/mol. The molecule has 0 saturated heterocycles. The van der Waals surface area contributed by atoms with Crippen LogP contribution in [0.5, 0.6) is 0 Å². The molecule has 0 spiro atoms. The highest BCUT2D eigenvalue weighted by Crippen LogP contribution is 2.28. The lowest BCUT2D eigenvalue weighted by Crippen LogP contribution is -2.30. The number of hydrogen-bond donors (Lipinski definition) is 2. The molecule has 1 atom stereocenters. The van der Waals surface area contributed by atoms with E-state index in [0.29, 0.717) is 12.3 Å². The van der Waals surface area contributed by atoms with Crippen molar-refractivity contribution in [2.45, 2.75) is 32.9 Å². The summed E-state index contributed by atoms with van der Waals surface area (Å²) in [5.74, 6) is 7.10. The second-order valence-corrected chi connectivity index (χ2v) is 6.56. The molecule has 5 nitrogen and oxygen atoms in total. The second-order valence-electron chi connectivity index (χ2n) is 4.82. The Hall–Kier alpha value is -0.950. The van der Waals surface area contributed by atoms with Crippen LogP contribution in [0.3, 0.4) is 0 Å². The Morgan fingerprint density at radius 2 is 2.26 bits per heavy atom. The van der Waals surface area contributed by atoms with Gasteiger partial charge in [-0.3, -0.25) is 11.3 Å². The first-order valence-corrected chi connectivity index (χ1v) is 7.37. The summed E-state index contributed by atoms with van der Waals surface area (Å²) >= 11 is 7.49. The molecule has 0 saturated carbocycles. The number of aromatic nitrogens is 3. The standard InChI is InChI=1S/C12H18ClN5S/c1-8(2)6-18-12(15-7-16-18)5-9(17-14)10-3-4-11(13)19-10/h3-4,7-9,17H,5-6,14H2,1-2H3. The Morgan fingerprint density at radius 1 is 1.47 bits per heavy atom. The van der Waals surface area contributed by atoms with Crippen LogP contribution < -0.4 is 11.3 Å². The monoisotopic (exact) mass is 299 g/mol. The fourth-order valence-corrected chi connectivity index (χ4v) is 3.01. The molecule has 0 bridgehead atoms. The van der Waals surface area contributed by atoms with Crippen LogP contribution in [0.4, 0.5) is 0 Å². The average Bonchev–Trinajstić information content (AvgIpc) is 2.95. The molecule has 0 aromatic carbocycles. The zero-order valence-corrected chi connectivity index (χ0v) is 12.6. The van der Waals surface area contributed by atoms with Crippen LogP contribution in [0, 0.1) is 5.92 Å². The van der Waals surface area contributed by atoms with Crippen molar-refractivity contribution in [1.82, 2.24) is 20.2 Å². The molecule has 0 aliphatic carbocycles. The zero-order valence-electron chi connectivity index (χ0n) is 11.0. The topological polar surface area (TPSA) is 68.8 Å². The van der Waals surface area contributed by atoms with Gasteiger partial charge in [-0.05, 0) is 18.1 Å². The predicted octanol–water partition coefficient (Wildman–Crippen LogP) is 2.40.